The summed E-state index contributed by atoms with van der Waals surface area (Å²) in [5, 5.41) is 8.93. The minimum absolute atomic E-state index is 0.216. The van der Waals surface area contributed by atoms with Crippen molar-refractivity contribution in [3.05, 3.63) is 27.3 Å². The van der Waals surface area contributed by atoms with Crippen LogP contribution in [0.15, 0.2) is 23.2 Å². The second kappa shape index (κ2) is 5.11. The number of carboxylic acids is 1. The molecule has 15 heavy (non-hydrogen) atoms. The number of hydrogen-bond acceptors (Lipinski definition) is 2. The molecule has 0 saturated carbocycles. The smallest absolute Gasteiger partial charge is 0.337 e. The van der Waals surface area contributed by atoms with Crippen molar-refractivity contribution in [3.63, 3.8) is 0 Å². The first-order chi connectivity index (χ1) is 7.00. The third-order valence-electron chi connectivity index (χ3n) is 1.62. The predicted molar refractivity (Wildman–Crippen MR) is 68.0 cm³/mol. The summed E-state index contributed by atoms with van der Waals surface area (Å²) in [5.74, 6) is -0.961. The molecule has 1 rings (SSSR count). The van der Waals surface area contributed by atoms with Crippen molar-refractivity contribution in [2.45, 2.75) is 0 Å². The van der Waals surface area contributed by atoms with Gasteiger partial charge in [-0.25, -0.2) is 9.79 Å². The Morgan fingerprint density at radius 2 is 2.20 bits per heavy atom. The van der Waals surface area contributed by atoms with Crippen LogP contribution in [0.2, 0.25) is 0 Å². The van der Waals surface area contributed by atoms with Gasteiger partial charge >= 0.3 is 5.97 Å². The van der Waals surface area contributed by atoms with Crippen LogP contribution in [0, 0.1) is 3.57 Å². The van der Waals surface area contributed by atoms with Crippen molar-refractivity contribution in [1.29, 1.82) is 0 Å². The van der Waals surface area contributed by atoms with Crippen LogP contribution in [0.5, 0.6) is 0 Å². The van der Waals surface area contributed by atoms with Crippen LogP contribution >= 0.6 is 22.6 Å². The fraction of sp³-hybridized carbons (Fsp3) is 0.200. The Morgan fingerprint density at radius 3 is 2.73 bits per heavy atom. The molecule has 0 amide bonds. The van der Waals surface area contributed by atoms with E-state index in [2.05, 4.69) is 27.6 Å². The second-order valence-electron chi connectivity index (χ2n) is 3.17. The summed E-state index contributed by atoms with van der Waals surface area (Å²) < 4.78 is 0.962. The topological polar surface area (TPSA) is 52.9 Å². The summed E-state index contributed by atoms with van der Waals surface area (Å²) in [6.07, 6.45) is 1.58. The maximum atomic E-state index is 10.9. The summed E-state index contributed by atoms with van der Waals surface area (Å²) in [6, 6.07) is 5.05. The normalized spacial score (nSPS) is 10.6. The molecule has 0 spiro atoms. The van der Waals surface area contributed by atoms with Crippen molar-refractivity contribution >= 4 is 40.6 Å². The molecule has 0 saturated heterocycles. The monoisotopic (exact) mass is 318 g/mol. The highest BCUT2D eigenvalue weighted by molar-refractivity contribution is 14.1. The first-order valence-electron chi connectivity index (χ1n) is 4.24. The van der Waals surface area contributed by atoms with Crippen LogP contribution in [-0.2, 0) is 0 Å². The number of carbonyl (C=O) groups is 1. The molecule has 0 radical (unpaired) electrons. The maximum Gasteiger partial charge on any atom is 0.337 e. The molecule has 1 aromatic rings. The summed E-state index contributed by atoms with van der Waals surface area (Å²) in [5.41, 5.74) is 0.691. The van der Waals surface area contributed by atoms with Crippen LogP contribution in [0.25, 0.3) is 0 Å². The van der Waals surface area contributed by atoms with Gasteiger partial charge in [0.25, 0.3) is 0 Å². The van der Waals surface area contributed by atoms with Crippen molar-refractivity contribution in [3.8, 4) is 0 Å². The highest BCUT2D eigenvalue weighted by Crippen LogP contribution is 2.21. The molecule has 1 N–H and O–H groups in total. The summed E-state index contributed by atoms with van der Waals surface area (Å²) in [4.78, 5) is 16.7. The minimum atomic E-state index is -0.961. The van der Waals surface area contributed by atoms with E-state index in [9.17, 15) is 4.79 Å². The first kappa shape index (κ1) is 12.0. The molecule has 5 heteroatoms. The summed E-state index contributed by atoms with van der Waals surface area (Å²) in [7, 11) is 3.66. The van der Waals surface area contributed by atoms with Crippen molar-refractivity contribution in [2.75, 3.05) is 14.1 Å². The highest BCUT2D eigenvalue weighted by atomic mass is 127. The van der Waals surface area contributed by atoms with E-state index in [-0.39, 0.29) is 5.56 Å². The zero-order valence-electron chi connectivity index (χ0n) is 8.44. The van der Waals surface area contributed by atoms with Gasteiger partial charge in [-0.1, -0.05) is 0 Å². The fourth-order valence-corrected chi connectivity index (χ4v) is 1.44. The number of halogens is 1. The number of rotatable bonds is 3. The van der Waals surface area contributed by atoms with Crippen LogP contribution in [0.4, 0.5) is 5.69 Å². The van der Waals surface area contributed by atoms with Gasteiger partial charge in [0.2, 0.25) is 0 Å². The van der Waals surface area contributed by atoms with E-state index >= 15 is 0 Å². The average molecular weight is 318 g/mol. The predicted octanol–water partition coefficient (Wildman–Crippen LogP) is 2.21. The Labute approximate surface area is 102 Å². The standard InChI is InChI=1S/C10H11IN2O2/c1-13(2)6-12-9-5-7(11)3-4-8(9)10(14)15/h3-6H,1-2H3,(H,14,15). The quantitative estimate of drug-likeness (QED) is 0.528. The Hall–Kier alpha value is -1.11. The zero-order chi connectivity index (χ0) is 11.4. The lowest BCUT2D eigenvalue weighted by Crippen LogP contribution is -2.07. The van der Waals surface area contributed by atoms with Crippen LogP contribution < -0.4 is 0 Å². The highest BCUT2D eigenvalue weighted by Gasteiger charge is 2.08. The van der Waals surface area contributed by atoms with E-state index < -0.39 is 5.97 Å². The Bertz CT molecular complexity index is 402. The number of aromatic carboxylic acids is 1. The molecule has 0 bridgehead atoms. The lowest BCUT2D eigenvalue weighted by atomic mass is 10.2. The van der Waals surface area contributed by atoms with Gasteiger partial charge in [-0.15, -0.1) is 0 Å². The molecule has 0 aliphatic rings. The third kappa shape index (κ3) is 3.50. The molecule has 0 atom stereocenters. The zero-order valence-corrected chi connectivity index (χ0v) is 10.6. The lowest BCUT2D eigenvalue weighted by Gasteiger charge is -2.04. The van der Waals surface area contributed by atoms with E-state index in [1.54, 1.807) is 29.4 Å². The van der Waals surface area contributed by atoms with E-state index in [4.69, 9.17) is 5.11 Å². The fourth-order valence-electron chi connectivity index (χ4n) is 0.970. The van der Waals surface area contributed by atoms with Gasteiger partial charge in [0.05, 0.1) is 17.6 Å². The van der Waals surface area contributed by atoms with Gasteiger partial charge < -0.3 is 10.0 Å². The molecule has 1 aromatic carbocycles. The number of aliphatic imine (C=N–C) groups is 1. The van der Waals surface area contributed by atoms with Gasteiger partial charge in [0, 0.05) is 17.7 Å². The van der Waals surface area contributed by atoms with Gasteiger partial charge in [-0.05, 0) is 40.8 Å². The van der Waals surface area contributed by atoms with Crippen LogP contribution in [0.1, 0.15) is 10.4 Å². The molecule has 0 fully saturated rings. The number of nitrogens with zero attached hydrogens (tertiary/aromatic N) is 2. The van der Waals surface area contributed by atoms with E-state index in [0.717, 1.165) is 3.57 Å². The molecule has 0 aromatic heterocycles. The largest absolute Gasteiger partial charge is 0.478 e. The van der Waals surface area contributed by atoms with Gasteiger partial charge in [0.1, 0.15) is 0 Å². The molecule has 0 unspecified atom stereocenters. The number of carboxylic acid groups (broad SMARTS) is 1. The van der Waals surface area contributed by atoms with Crippen molar-refractivity contribution in [1.82, 2.24) is 4.90 Å². The molecule has 4 nitrogen and oxygen atoms in total. The Kier molecular flexibility index (Phi) is 4.07. The van der Waals surface area contributed by atoms with E-state index in [0.29, 0.717) is 5.69 Å². The maximum absolute atomic E-state index is 10.9. The molecule has 0 aliphatic heterocycles. The SMILES string of the molecule is CN(C)C=Nc1cc(I)ccc1C(=O)O. The Morgan fingerprint density at radius 1 is 1.53 bits per heavy atom. The summed E-state index contributed by atoms with van der Waals surface area (Å²) in [6.45, 7) is 0. The van der Waals surface area contributed by atoms with E-state index in [1.807, 2.05) is 14.1 Å². The Balaban J connectivity index is 3.13. The molecule has 80 valence electrons. The molecule has 0 aliphatic carbocycles. The average Bonchev–Trinajstić information content (AvgIpc) is 2.14. The van der Waals surface area contributed by atoms with Crippen molar-refractivity contribution in [2.24, 2.45) is 4.99 Å². The van der Waals surface area contributed by atoms with Crippen molar-refractivity contribution < 1.29 is 9.90 Å². The molecule has 0 heterocycles. The second-order valence-corrected chi connectivity index (χ2v) is 4.42. The van der Waals surface area contributed by atoms with Gasteiger partial charge in [-0.3, -0.25) is 0 Å². The molecular formula is C10H11IN2O2. The summed E-state index contributed by atoms with van der Waals surface area (Å²) >= 11 is 2.12. The first-order valence-corrected chi connectivity index (χ1v) is 5.32. The van der Waals surface area contributed by atoms with E-state index in [1.165, 1.54) is 0 Å². The third-order valence-corrected chi connectivity index (χ3v) is 2.29. The number of hydrogen-bond donors (Lipinski definition) is 1. The number of benzene rings is 1. The van der Waals surface area contributed by atoms with Crippen LogP contribution in [-0.4, -0.2) is 36.4 Å². The molecular weight excluding hydrogens is 307 g/mol. The van der Waals surface area contributed by atoms with Gasteiger partial charge in [-0.2, -0.15) is 0 Å². The van der Waals surface area contributed by atoms with Gasteiger partial charge in [0.15, 0.2) is 0 Å². The lowest BCUT2D eigenvalue weighted by molar-refractivity contribution is 0.0698. The van der Waals surface area contributed by atoms with Crippen LogP contribution in [0.3, 0.4) is 0 Å². The minimum Gasteiger partial charge on any atom is -0.478 e.